The van der Waals surface area contributed by atoms with Crippen LogP contribution in [0.1, 0.15) is 18.1 Å². The summed E-state index contributed by atoms with van der Waals surface area (Å²) in [6.45, 7) is 2.96. The molecule has 0 spiro atoms. The molecule has 0 saturated carbocycles. The van der Waals surface area contributed by atoms with Gasteiger partial charge in [0, 0.05) is 12.2 Å². The highest BCUT2D eigenvalue weighted by atomic mass is 14.9. The Bertz CT molecular complexity index is 448. The lowest BCUT2D eigenvalue weighted by molar-refractivity contribution is 1.12. The first-order chi connectivity index (χ1) is 8.38. The van der Waals surface area contributed by atoms with Crippen molar-refractivity contribution in [3.05, 3.63) is 72.1 Å². The van der Waals surface area contributed by atoms with Gasteiger partial charge in [0.05, 0.1) is 0 Å². The van der Waals surface area contributed by atoms with E-state index in [0.717, 1.165) is 13.0 Å². The highest BCUT2D eigenvalue weighted by Crippen LogP contribution is 2.13. The van der Waals surface area contributed by atoms with Crippen LogP contribution in [-0.2, 0) is 13.0 Å². The second-order valence-electron chi connectivity index (χ2n) is 4.15. The molecule has 0 aliphatic heterocycles. The van der Waals surface area contributed by atoms with Crippen LogP contribution in [0.3, 0.4) is 0 Å². The van der Waals surface area contributed by atoms with Gasteiger partial charge in [-0.1, -0.05) is 49.4 Å². The van der Waals surface area contributed by atoms with E-state index in [1.807, 2.05) is 6.07 Å². The predicted molar refractivity (Wildman–Crippen MR) is 73.9 cm³/mol. The third-order valence-corrected chi connectivity index (χ3v) is 2.71. The minimum Gasteiger partial charge on any atom is -0.381 e. The number of anilines is 1. The SMILES string of the molecule is C[CH]Cc1cccc(NCc2ccccc2)c1. The van der Waals surface area contributed by atoms with Gasteiger partial charge < -0.3 is 5.32 Å². The standard InChI is InChI=1S/C16H18N/c1-2-7-14-10-6-11-16(12-14)17-13-15-8-4-3-5-9-15/h2-6,8-12,17H,7,13H2,1H3. The number of benzene rings is 2. The molecule has 1 N–H and O–H groups in total. The summed E-state index contributed by atoms with van der Waals surface area (Å²) >= 11 is 0. The zero-order valence-corrected chi connectivity index (χ0v) is 10.2. The molecule has 0 fully saturated rings. The van der Waals surface area contributed by atoms with Gasteiger partial charge in [-0.3, -0.25) is 0 Å². The average molecular weight is 224 g/mol. The van der Waals surface area contributed by atoms with Gasteiger partial charge in [-0.25, -0.2) is 0 Å². The lowest BCUT2D eigenvalue weighted by atomic mass is 10.1. The minimum absolute atomic E-state index is 0.875. The molecule has 0 bridgehead atoms. The largest absolute Gasteiger partial charge is 0.381 e. The Morgan fingerprint density at radius 2 is 1.71 bits per heavy atom. The van der Waals surface area contributed by atoms with Crippen molar-refractivity contribution < 1.29 is 0 Å². The van der Waals surface area contributed by atoms with Crippen molar-refractivity contribution in [1.29, 1.82) is 0 Å². The number of rotatable bonds is 5. The maximum Gasteiger partial charge on any atom is 0.0400 e. The van der Waals surface area contributed by atoms with E-state index in [4.69, 9.17) is 0 Å². The van der Waals surface area contributed by atoms with Crippen LogP contribution in [0, 0.1) is 6.42 Å². The summed E-state index contributed by atoms with van der Waals surface area (Å²) in [5.74, 6) is 0. The van der Waals surface area contributed by atoms with Crippen LogP contribution in [-0.4, -0.2) is 0 Å². The van der Waals surface area contributed by atoms with Crippen molar-refractivity contribution in [2.75, 3.05) is 5.32 Å². The lowest BCUT2D eigenvalue weighted by Gasteiger charge is -2.08. The molecule has 1 nitrogen and oxygen atoms in total. The Hall–Kier alpha value is -1.76. The summed E-state index contributed by atoms with van der Waals surface area (Å²) in [6.07, 6.45) is 3.21. The van der Waals surface area contributed by atoms with Gasteiger partial charge in [0.25, 0.3) is 0 Å². The zero-order valence-electron chi connectivity index (χ0n) is 10.2. The normalized spacial score (nSPS) is 10.2. The van der Waals surface area contributed by atoms with E-state index >= 15 is 0 Å². The van der Waals surface area contributed by atoms with Crippen molar-refractivity contribution in [3.63, 3.8) is 0 Å². The topological polar surface area (TPSA) is 12.0 Å². The first kappa shape index (κ1) is 11.7. The van der Waals surface area contributed by atoms with Crippen LogP contribution >= 0.6 is 0 Å². The first-order valence-corrected chi connectivity index (χ1v) is 6.03. The quantitative estimate of drug-likeness (QED) is 0.807. The van der Waals surface area contributed by atoms with Gasteiger partial charge in [-0.05, 0) is 36.1 Å². The van der Waals surface area contributed by atoms with E-state index in [9.17, 15) is 0 Å². The summed E-state index contributed by atoms with van der Waals surface area (Å²) in [7, 11) is 0. The molecule has 0 aliphatic rings. The zero-order chi connectivity index (χ0) is 11.9. The van der Waals surface area contributed by atoms with E-state index in [-0.39, 0.29) is 0 Å². The summed E-state index contributed by atoms with van der Waals surface area (Å²) < 4.78 is 0. The Labute approximate surface area is 103 Å². The van der Waals surface area contributed by atoms with Crippen molar-refractivity contribution in [2.24, 2.45) is 0 Å². The summed E-state index contributed by atoms with van der Waals surface area (Å²) in [6, 6.07) is 19.0. The summed E-state index contributed by atoms with van der Waals surface area (Å²) in [5, 5.41) is 3.45. The van der Waals surface area contributed by atoms with E-state index in [1.165, 1.54) is 16.8 Å². The molecule has 2 rings (SSSR count). The Balaban J connectivity index is 1.97. The molecular formula is C16H18N. The van der Waals surface area contributed by atoms with E-state index in [0.29, 0.717) is 0 Å². The number of hydrogen-bond acceptors (Lipinski definition) is 1. The van der Waals surface area contributed by atoms with Crippen molar-refractivity contribution >= 4 is 5.69 Å². The van der Waals surface area contributed by atoms with Crippen LogP contribution in [0.4, 0.5) is 5.69 Å². The van der Waals surface area contributed by atoms with Crippen molar-refractivity contribution in [1.82, 2.24) is 0 Å². The van der Waals surface area contributed by atoms with Gasteiger partial charge in [0.1, 0.15) is 0 Å². The van der Waals surface area contributed by atoms with Crippen LogP contribution in [0.2, 0.25) is 0 Å². The van der Waals surface area contributed by atoms with Crippen LogP contribution in [0.15, 0.2) is 54.6 Å². The van der Waals surface area contributed by atoms with Gasteiger partial charge in [0.15, 0.2) is 0 Å². The molecule has 0 heterocycles. The molecule has 1 radical (unpaired) electrons. The molecule has 87 valence electrons. The van der Waals surface area contributed by atoms with Gasteiger partial charge >= 0.3 is 0 Å². The van der Waals surface area contributed by atoms with E-state index in [2.05, 4.69) is 67.2 Å². The second-order valence-corrected chi connectivity index (χ2v) is 4.15. The summed E-state index contributed by atoms with van der Waals surface area (Å²) in [5.41, 5.74) is 3.85. The molecule has 0 saturated heterocycles. The van der Waals surface area contributed by atoms with Crippen LogP contribution in [0.25, 0.3) is 0 Å². The Kier molecular flexibility index (Phi) is 4.20. The fourth-order valence-electron chi connectivity index (χ4n) is 1.84. The maximum absolute atomic E-state index is 3.45. The number of nitrogens with one attached hydrogen (secondary N) is 1. The maximum atomic E-state index is 3.45. The molecule has 0 amide bonds. The average Bonchev–Trinajstić information content (AvgIpc) is 2.39. The smallest absolute Gasteiger partial charge is 0.0400 e. The third-order valence-electron chi connectivity index (χ3n) is 2.71. The lowest BCUT2D eigenvalue weighted by Crippen LogP contribution is -1.99. The Morgan fingerprint density at radius 1 is 0.941 bits per heavy atom. The predicted octanol–water partition coefficient (Wildman–Crippen LogP) is 4.07. The monoisotopic (exact) mass is 224 g/mol. The Morgan fingerprint density at radius 3 is 2.47 bits per heavy atom. The van der Waals surface area contributed by atoms with E-state index in [1.54, 1.807) is 0 Å². The molecule has 2 aromatic rings. The highest BCUT2D eigenvalue weighted by molar-refractivity contribution is 5.46. The van der Waals surface area contributed by atoms with Crippen LogP contribution < -0.4 is 5.32 Å². The summed E-state index contributed by atoms with van der Waals surface area (Å²) in [4.78, 5) is 0. The number of hydrogen-bond donors (Lipinski definition) is 1. The molecule has 17 heavy (non-hydrogen) atoms. The van der Waals surface area contributed by atoms with Gasteiger partial charge in [0.2, 0.25) is 0 Å². The molecule has 2 aromatic carbocycles. The molecule has 0 aliphatic carbocycles. The van der Waals surface area contributed by atoms with Gasteiger partial charge in [-0.15, -0.1) is 0 Å². The van der Waals surface area contributed by atoms with Gasteiger partial charge in [-0.2, -0.15) is 0 Å². The third kappa shape index (κ3) is 3.63. The molecule has 0 aromatic heterocycles. The molecule has 1 heteroatoms. The highest BCUT2D eigenvalue weighted by Gasteiger charge is 1.95. The molecule has 0 unspecified atom stereocenters. The molecule has 0 atom stereocenters. The minimum atomic E-state index is 0.875. The van der Waals surface area contributed by atoms with Crippen molar-refractivity contribution in [2.45, 2.75) is 19.9 Å². The fourth-order valence-corrected chi connectivity index (χ4v) is 1.84. The van der Waals surface area contributed by atoms with Crippen LogP contribution in [0.5, 0.6) is 0 Å². The first-order valence-electron chi connectivity index (χ1n) is 6.03. The fraction of sp³-hybridized carbons (Fsp3) is 0.188. The van der Waals surface area contributed by atoms with Crippen molar-refractivity contribution in [3.8, 4) is 0 Å². The van der Waals surface area contributed by atoms with E-state index < -0.39 is 0 Å². The second kappa shape index (κ2) is 6.09. The molecular weight excluding hydrogens is 206 g/mol.